The van der Waals surface area contributed by atoms with Gasteiger partial charge in [0.15, 0.2) is 0 Å². The summed E-state index contributed by atoms with van der Waals surface area (Å²) in [7, 11) is 6.03. The van der Waals surface area contributed by atoms with Crippen molar-refractivity contribution in [3.8, 4) is 0 Å². The van der Waals surface area contributed by atoms with E-state index in [4.69, 9.17) is 18.9 Å². The molecule has 0 N–H and O–H groups in total. The molecule has 2 unspecified atom stereocenters. The molecule has 0 radical (unpaired) electrons. The van der Waals surface area contributed by atoms with Crippen molar-refractivity contribution in [2.75, 3.05) is 54.9 Å². The Hall–Kier alpha value is -9.02. The maximum Gasteiger partial charge on any atom is 0.332 e. The number of methoxy groups -OCH3 is 4. The number of carbonyl (C=O) groups is 2. The molecule has 2 aliphatic rings. The lowest BCUT2D eigenvalue weighted by Crippen LogP contribution is -1.98. The fraction of sp³-hybridized carbons (Fsp3) is 0.244. The summed E-state index contributed by atoms with van der Waals surface area (Å²) < 4.78 is 27.7. The lowest BCUT2D eigenvalue weighted by molar-refractivity contribution is -0.136. The summed E-state index contributed by atoms with van der Waals surface area (Å²) >= 11 is 0. The standard InChI is InChI=1S/4C14H12.2C5H8O2.2C4H8O2.4C2H6/c4*1-3-7-13(8-4-1)11-12-14-9-5-2-6-10-14;2*1-4(2)5(6)7-3;2*1-5-2-4-3-6-4;4*1-2/h4*1-12H;2*1H2,2-3H3;2*4H,2-3H2,1H3;4*1-2H3/b4*12-11-;;;;;;;;. The number of esters is 2. The molecule has 480 valence electrons. The quantitative estimate of drug-likeness (QED) is 0.0460. The summed E-state index contributed by atoms with van der Waals surface area (Å²) in [5.74, 6) is -0.694. The number of hydrogen-bond acceptors (Lipinski definition) is 8. The Kier molecular flexibility index (Phi) is 55.6. The summed E-state index contributed by atoms with van der Waals surface area (Å²) in [5.41, 5.74) is 10.7. The van der Waals surface area contributed by atoms with Gasteiger partial charge in [-0.15, -0.1) is 0 Å². The van der Waals surface area contributed by atoms with Gasteiger partial charge in [-0.3, -0.25) is 0 Å². The van der Waals surface area contributed by atoms with Gasteiger partial charge in [-0.1, -0.05) is 360 Å². The van der Waals surface area contributed by atoms with Crippen molar-refractivity contribution in [2.45, 2.75) is 81.4 Å². The number of benzene rings is 8. The molecule has 0 spiro atoms. The molecule has 2 saturated heterocycles. The first kappa shape index (κ1) is 83.0. The molecule has 0 aliphatic carbocycles. The molecule has 2 fully saturated rings. The fourth-order valence-corrected chi connectivity index (χ4v) is 6.33. The summed E-state index contributed by atoms with van der Waals surface area (Å²) in [5, 5.41) is 0. The van der Waals surface area contributed by atoms with E-state index in [1.54, 1.807) is 28.1 Å². The Labute approximate surface area is 543 Å². The minimum absolute atomic E-state index is 0.347. The highest BCUT2D eigenvalue weighted by atomic mass is 16.6. The number of ether oxygens (including phenoxy) is 6. The number of rotatable bonds is 14. The minimum atomic E-state index is -0.347. The van der Waals surface area contributed by atoms with E-state index in [0.29, 0.717) is 23.4 Å². The zero-order valence-electron chi connectivity index (χ0n) is 56.4. The van der Waals surface area contributed by atoms with Crippen LogP contribution < -0.4 is 0 Å². The van der Waals surface area contributed by atoms with Crippen LogP contribution >= 0.6 is 0 Å². The van der Waals surface area contributed by atoms with Gasteiger partial charge in [-0.25, -0.2) is 9.59 Å². The molecule has 90 heavy (non-hydrogen) atoms. The van der Waals surface area contributed by atoms with Crippen molar-refractivity contribution >= 4 is 60.5 Å². The molecule has 0 saturated carbocycles. The predicted octanol–water partition coefficient (Wildman–Crippen LogP) is 21.1. The average Bonchev–Trinajstić information content (AvgIpc) is 4.71. The first-order valence-corrected chi connectivity index (χ1v) is 30.8. The number of hydrogen-bond donors (Lipinski definition) is 0. The first-order chi connectivity index (χ1) is 44.0. The highest BCUT2D eigenvalue weighted by molar-refractivity contribution is 5.87. The van der Waals surface area contributed by atoms with Crippen LogP contribution in [0.1, 0.15) is 114 Å². The van der Waals surface area contributed by atoms with E-state index >= 15 is 0 Å². The van der Waals surface area contributed by atoms with E-state index in [0.717, 1.165) is 26.4 Å². The van der Waals surface area contributed by atoms with Crippen molar-refractivity contribution in [3.63, 3.8) is 0 Å². The Morgan fingerprint density at radius 2 is 0.456 bits per heavy atom. The lowest BCUT2D eigenvalue weighted by atomic mass is 10.1. The molecule has 10 rings (SSSR count). The Balaban J connectivity index is 0. The van der Waals surface area contributed by atoms with Crippen LogP contribution in [0.2, 0.25) is 0 Å². The SMILES string of the molecule is C(=C/c1ccccc1)/c1ccccc1.C(=C/c1ccccc1)/c1ccccc1.C(=C/c1ccccc1)/c1ccccc1.C(=C/c1ccccc1)/c1ccccc1.C=C(C)C(=O)OC.C=C(C)C(=O)OC.CC.CC.CC.CC.COCC1CO1.COCC1CO1. The topological polar surface area (TPSA) is 96.1 Å². The zero-order chi connectivity index (χ0) is 67.1. The van der Waals surface area contributed by atoms with Gasteiger partial charge in [0.25, 0.3) is 0 Å². The van der Waals surface area contributed by atoms with Crippen molar-refractivity contribution in [2.24, 2.45) is 0 Å². The molecule has 0 amide bonds. The first-order valence-electron chi connectivity index (χ1n) is 30.8. The van der Waals surface area contributed by atoms with E-state index < -0.39 is 0 Å². The second-order valence-electron chi connectivity index (χ2n) is 18.0. The van der Waals surface area contributed by atoms with Crippen LogP contribution in [0.3, 0.4) is 0 Å². The van der Waals surface area contributed by atoms with E-state index in [9.17, 15) is 9.59 Å². The molecule has 0 bridgehead atoms. The van der Waals surface area contributed by atoms with Gasteiger partial charge >= 0.3 is 11.9 Å². The molecule has 8 heteroatoms. The van der Waals surface area contributed by atoms with Crippen LogP contribution in [-0.2, 0) is 38.0 Å². The van der Waals surface area contributed by atoms with Crippen LogP contribution in [0.4, 0.5) is 0 Å². The van der Waals surface area contributed by atoms with Crippen molar-refractivity contribution in [1.29, 1.82) is 0 Å². The minimum Gasteiger partial charge on any atom is -0.466 e. The molecule has 2 aliphatic heterocycles. The van der Waals surface area contributed by atoms with E-state index in [1.165, 1.54) is 58.7 Å². The third kappa shape index (κ3) is 49.0. The van der Waals surface area contributed by atoms with Crippen molar-refractivity contribution in [1.82, 2.24) is 0 Å². The van der Waals surface area contributed by atoms with E-state index in [2.05, 4.69) is 168 Å². The zero-order valence-corrected chi connectivity index (χ0v) is 56.4. The van der Waals surface area contributed by atoms with Crippen LogP contribution in [0, 0.1) is 0 Å². The van der Waals surface area contributed by atoms with Gasteiger partial charge in [-0.05, 0) is 58.4 Å². The largest absolute Gasteiger partial charge is 0.466 e. The summed E-state index contributed by atoms with van der Waals surface area (Å²) in [6.45, 7) is 29.2. The van der Waals surface area contributed by atoms with Gasteiger partial charge < -0.3 is 28.4 Å². The Morgan fingerprint density at radius 3 is 0.522 bits per heavy atom. The molecule has 2 atom stereocenters. The molecule has 2 heterocycles. The van der Waals surface area contributed by atoms with E-state index in [-0.39, 0.29) is 11.9 Å². The normalized spacial score (nSPS) is 12.1. The molecule has 8 aromatic rings. The molecular formula is C82H104O8. The van der Waals surface area contributed by atoms with Gasteiger partial charge in [0.2, 0.25) is 0 Å². The summed E-state index contributed by atoms with van der Waals surface area (Å²) in [4.78, 5) is 20.4. The van der Waals surface area contributed by atoms with E-state index in [1.807, 2.05) is 201 Å². The molecule has 8 aromatic carbocycles. The number of carbonyl (C=O) groups excluding carboxylic acids is 2. The van der Waals surface area contributed by atoms with Crippen LogP contribution in [0.25, 0.3) is 48.6 Å². The molecular weight excluding hydrogens is 1110 g/mol. The molecule has 8 nitrogen and oxygen atoms in total. The van der Waals surface area contributed by atoms with Gasteiger partial charge in [-0.2, -0.15) is 0 Å². The Morgan fingerprint density at radius 1 is 0.322 bits per heavy atom. The van der Waals surface area contributed by atoms with Crippen LogP contribution in [0.5, 0.6) is 0 Å². The third-order valence-electron chi connectivity index (χ3n) is 10.8. The summed E-state index contributed by atoms with van der Waals surface area (Å²) in [6.07, 6.45) is 17.8. The second kappa shape index (κ2) is 60.3. The van der Waals surface area contributed by atoms with Crippen molar-refractivity contribution < 1.29 is 38.0 Å². The lowest BCUT2D eigenvalue weighted by Gasteiger charge is -1.92. The number of epoxide rings is 2. The Bertz CT molecular complexity index is 2460. The van der Waals surface area contributed by atoms with Gasteiger partial charge in [0.05, 0.1) is 40.6 Å². The molecule has 0 aromatic heterocycles. The highest BCUT2D eigenvalue weighted by Crippen LogP contribution is 2.12. The monoisotopic (exact) mass is 1220 g/mol. The van der Waals surface area contributed by atoms with Crippen molar-refractivity contribution in [3.05, 3.63) is 311 Å². The van der Waals surface area contributed by atoms with Gasteiger partial charge in [0, 0.05) is 25.4 Å². The fourth-order valence-electron chi connectivity index (χ4n) is 6.33. The highest BCUT2D eigenvalue weighted by Gasteiger charge is 2.21. The summed E-state index contributed by atoms with van der Waals surface area (Å²) in [6, 6.07) is 82.5. The maximum atomic E-state index is 10.2. The average molecular weight is 1220 g/mol. The predicted molar refractivity (Wildman–Crippen MR) is 390 cm³/mol. The second-order valence-corrected chi connectivity index (χ2v) is 18.0. The van der Waals surface area contributed by atoms with Crippen LogP contribution in [0.15, 0.2) is 267 Å². The maximum absolute atomic E-state index is 10.2. The third-order valence-corrected chi connectivity index (χ3v) is 10.8. The smallest absolute Gasteiger partial charge is 0.332 e. The van der Waals surface area contributed by atoms with Crippen LogP contribution in [-0.4, -0.2) is 79.0 Å². The van der Waals surface area contributed by atoms with Gasteiger partial charge in [0.1, 0.15) is 12.2 Å².